The Balaban J connectivity index is 1.75. The van der Waals surface area contributed by atoms with Gasteiger partial charge in [-0.2, -0.15) is 0 Å². The van der Waals surface area contributed by atoms with E-state index in [1.807, 2.05) is 31.2 Å². The molecule has 0 aliphatic heterocycles. The molecule has 27 heavy (non-hydrogen) atoms. The van der Waals surface area contributed by atoms with E-state index in [2.05, 4.69) is 35.2 Å². The second-order valence-corrected chi connectivity index (χ2v) is 8.08. The molecule has 1 atom stereocenters. The van der Waals surface area contributed by atoms with Gasteiger partial charge in [0.1, 0.15) is 5.54 Å². The fourth-order valence-electron chi connectivity index (χ4n) is 2.99. The van der Waals surface area contributed by atoms with Crippen LogP contribution >= 0.6 is 0 Å². The summed E-state index contributed by atoms with van der Waals surface area (Å²) in [6.07, 6.45) is 3.09. The molecular formula is C20H33N5O2. The first-order valence-corrected chi connectivity index (χ1v) is 9.68. The van der Waals surface area contributed by atoms with E-state index in [0.717, 1.165) is 17.7 Å². The molecule has 1 aliphatic carbocycles. The zero-order valence-electron chi connectivity index (χ0n) is 16.6. The molecule has 150 valence electrons. The standard InChI is InChI=1S/C20H33N5O2/c1-14(2)10-20(3,25-21)18(26)22-11-15-4-6-16(7-5-15)12-23-19(27)24-13-17-8-9-17/h4-7,14,17,25H,8-13,21H2,1-3H3,(H,22,26)(H2,23,24,27). The first-order chi connectivity index (χ1) is 12.8. The number of hydrogen-bond donors (Lipinski definition) is 5. The molecule has 1 aromatic carbocycles. The third kappa shape index (κ3) is 7.19. The van der Waals surface area contributed by atoms with E-state index >= 15 is 0 Å². The second-order valence-electron chi connectivity index (χ2n) is 8.08. The molecule has 1 fully saturated rings. The number of rotatable bonds is 10. The molecule has 1 aromatic rings. The predicted octanol–water partition coefficient (Wildman–Crippen LogP) is 1.78. The van der Waals surface area contributed by atoms with Crippen LogP contribution in [0.1, 0.15) is 51.2 Å². The lowest BCUT2D eigenvalue weighted by Crippen LogP contribution is -2.58. The van der Waals surface area contributed by atoms with Gasteiger partial charge in [0.2, 0.25) is 5.91 Å². The monoisotopic (exact) mass is 375 g/mol. The number of hydrazine groups is 1. The molecule has 1 unspecified atom stereocenters. The van der Waals surface area contributed by atoms with Gasteiger partial charge in [0, 0.05) is 19.6 Å². The van der Waals surface area contributed by atoms with Gasteiger partial charge in [-0.3, -0.25) is 10.6 Å². The largest absolute Gasteiger partial charge is 0.350 e. The highest BCUT2D eigenvalue weighted by atomic mass is 16.2. The van der Waals surface area contributed by atoms with E-state index in [9.17, 15) is 9.59 Å². The molecule has 0 heterocycles. The van der Waals surface area contributed by atoms with Crippen molar-refractivity contribution in [3.63, 3.8) is 0 Å². The molecule has 0 radical (unpaired) electrons. The van der Waals surface area contributed by atoms with Crippen LogP contribution in [0.2, 0.25) is 0 Å². The minimum atomic E-state index is -0.786. The minimum Gasteiger partial charge on any atom is -0.350 e. The quantitative estimate of drug-likeness (QED) is 0.317. The van der Waals surface area contributed by atoms with Crippen molar-refractivity contribution in [3.05, 3.63) is 35.4 Å². The van der Waals surface area contributed by atoms with E-state index in [0.29, 0.717) is 31.3 Å². The molecule has 0 saturated heterocycles. The number of amides is 3. The zero-order valence-corrected chi connectivity index (χ0v) is 16.6. The van der Waals surface area contributed by atoms with Crippen LogP contribution in [0.5, 0.6) is 0 Å². The molecule has 1 aliphatic rings. The van der Waals surface area contributed by atoms with Gasteiger partial charge in [-0.1, -0.05) is 38.1 Å². The number of nitrogens with one attached hydrogen (secondary N) is 4. The highest BCUT2D eigenvalue weighted by Crippen LogP contribution is 2.27. The first kappa shape index (κ1) is 21.2. The molecule has 0 bridgehead atoms. The number of hydrogen-bond acceptors (Lipinski definition) is 4. The van der Waals surface area contributed by atoms with Gasteiger partial charge in [0.15, 0.2) is 0 Å². The van der Waals surface area contributed by atoms with Crippen LogP contribution in [0.15, 0.2) is 24.3 Å². The maximum absolute atomic E-state index is 12.5. The third-order valence-corrected chi connectivity index (χ3v) is 4.81. The van der Waals surface area contributed by atoms with Crippen molar-refractivity contribution in [2.24, 2.45) is 17.7 Å². The number of urea groups is 1. The Hall–Kier alpha value is -2.12. The van der Waals surface area contributed by atoms with Crippen molar-refractivity contribution in [1.29, 1.82) is 0 Å². The summed E-state index contributed by atoms with van der Waals surface area (Å²) in [6, 6.07) is 7.69. The molecule has 6 N–H and O–H groups in total. The summed E-state index contributed by atoms with van der Waals surface area (Å²) in [6.45, 7) is 7.60. The summed E-state index contributed by atoms with van der Waals surface area (Å²) in [5.41, 5.74) is 3.87. The van der Waals surface area contributed by atoms with Crippen LogP contribution < -0.4 is 27.2 Å². The van der Waals surface area contributed by atoms with Crippen LogP contribution in [0.4, 0.5) is 4.79 Å². The van der Waals surface area contributed by atoms with Crippen LogP contribution in [0.3, 0.4) is 0 Å². The molecule has 3 amide bonds. The van der Waals surface area contributed by atoms with Crippen LogP contribution in [0, 0.1) is 11.8 Å². The maximum Gasteiger partial charge on any atom is 0.315 e. The molecule has 1 saturated carbocycles. The van der Waals surface area contributed by atoms with Crippen LogP contribution in [-0.2, 0) is 17.9 Å². The topological polar surface area (TPSA) is 108 Å². The van der Waals surface area contributed by atoms with E-state index in [-0.39, 0.29) is 11.9 Å². The number of carbonyl (C=O) groups excluding carboxylic acids is 2. The molecule has 2 rings (SSSR count). The summed E-state index contributed by atoms with van der Waals surface area (Å²) in [5.74, 6) is 6.50. The van der Waals surface area contributed by atoms with E-state index in [1.54, 1.807) is 0 Å². The predicted molar refractivity (Wildman–Crippen MR) is 106 cm³/mol. The first-order valence-electron chi connectivity index (χ1n) is 9.68. The van der Waals surface area contributed by atoms with E-state index in [4.69, 9.17) is 5.84 Å². The molecule has 7 nitrogen and oxygen atoms in total. The average Bonchev–Trinajstić information content (AvgIpc) is 3.47. The number of carbonyl (C=O) groups is 2. The Morgan fingerprint density at radius 1 is 1.07 bits per heavy atom. The molecular weight excluding hydrogens is 342 g/mol. The van der Waals surface area contributed by atoms with E-state index < -0.39 is 5.54 Å². The van der Waals surface area contributed by atoms with Gasteiger partial charge in [-0.05, 0) is 49.1 Å². The Morgan fingerprint density at radius 3 is 2.11 bits per heavy atom. The van der Waals surface area contributed by atoms with Crippen molar-refractivity contribution >= 4 is 11.9 Å². The Bertz CT molecular complexity index is 628. The lowest BCUT2D eigenvalue weighted by molar-refractivity contribution is -0.127. The van der Waals surface area contributed by atoms with Crippen LogP contribution in [0.25, 0.3) is 0 Å². The SMILES string of the molecule is CC(C)CC(C)(NN)C(=O)NCc1ccc(CNC(=O)NCC2CC2)cc1. The Morgan fingerprint density at radius 2 is 1.63 bits per heavy atom. The summed E-state index contributed by atoms with van der Waals surface area (Å²) < 4.78 is 0. The number of benzene rings is 1. The van der Waals surface area contributed by atoms with Gasteiger partial charge in [0.05, 0.1) is 0 Å². The molecule has 7 heteroatoms. The maximum atomic E-state index is 12.5. The van der Waals surface area contributed by atoms with Crippen molar-refractivity contribution in [1.82, 2.24) is 21.4 Å². The summed E-state index contributed by atoms with van der Waals surface area (Å²) in [4.78, 5) is 24.2. The molecule has 0 aromatic heterocycles. The smallest absolute Gasteiger partial charge is 0.315 e. The van der Waals surface area contributed by atoms with Crippen molar-refractivity contribution in [2.45, 2.75) is 58.7 Å². The minimum absolute atomic E-state index is 0.114. The van der Waals surface area contributed by atoms with E-state index in [1.165, 1.54) is 12.8 Å². The second kappa shape index (κ2) is 9.71. The van der Waals surface area contributed by atoms with Gasteiger partial charge < -0.3 is 16.0 Å². The van der Waals surface area contributed by atoms with Crippen molar-refractivity contribution < 1.29 is 9.59 Å². The summed E-state index contributed by atoms with van der Waals surface area (Å²) in [5, 5.41) is 8.67. The van der Waals surface area contributed by atoms with Crippen LogP contribution in [-0.4, -0.2) is 24.0 Å². The van der Waals surface area contributed by atoms with Gasteiger partial charge in [0.25, 0.3) is 0 Å². The van der Waals surface area contributed by atoms with Crippen molar-refractivity contribution in [2.75, 3.05) is 6.54 Å². The fourth-order valence-corrected chi connectivity index (χ4v) is 2.99. The fraction of sp³-hybridized carbons (Fsp3) is 0.600. The average molecular weight is 376 g/mol. The highest BCUT2D eigenvalue weighted by molar-refractivity contribution is 5.85. The third-order valence-electron chi connectivity index (χ3n) is 4.81. The zero-order chi connectivity index (χ0) is 19.9. The van der Waals surface area contributed by atoms with Gasteiger partial charge >= 0.3 is 6.03 Å². The summed E-state index contributed by atoms with van der Waals surface area (Å²) in [7, 11) is 0. The Kier molecular flexibility index (Phi) is 7.62. The van der Waals surface area contributed by atoms with Crippen molar-refractivity contribution in [3.8, 4) is 0 Å². The lowest BCUT2D eigenvalue weighted by atomic mass is 9.90. The Labute approximate surface area is 161 Å². The lowest BCUT2D eigenvalue weighted by Gasteiger charge is -2.29. The normalized spacial score (nSPS) is 15.9. The van der Waals surface area contributed by atoms with Gasteiger partial charge in [-0.25, -0.2) is 10.2 Å². The number of nitrogens with two attached hydrogens (primary N) is 1. The molecule has 0 spiro atoms. The summed E-state index contributed by atoms with van der Waals surface area (Å²) >= 11 is 0. The van der Waals surface area contributed by atoms with Gasteiger partial charge in [-0.15, -0.1) is 0 Å². The highest BCUT2D eigenvalue weighted by Gasteiger charge is 2.32.